The molecule has 0 aliphatic carbocycles. The van der Waals surface area contributed by atoms with Crippen LogP contribution in [-0.4, -0.2) is 61.9 Å². The summed E-state index contributed by atoms with van der Waals surface area (Å²) in [5.41, 5.74) is -0.678. The van der Waals surface area contributed by atoms with Gasteiger partial charge in [-0.3, -0.25) is 15.0 Å². The van der Waals surface area contributed by atoms with Crippen LogP contribution in [0.5, 0.6) is 0 Å². The van der Waals surface area contributed by atoms with E-state index in [2.05, 4.69) is 31.0 Å². The highest BCUT2D eigenvalue weighted by atomic mass is 16.5. The molecule has 0 aliphatic rings. The molecule has 126 valence electrons. The minimum absolute atomic E-state index is 0.210. The predicted molar refractivity (Wildman–Crippen MR) is 86.5 cm³/mol. The number of nitrogens with one attached hydrogen (secondary N) is 1. The second-order valence-electron chi connectivity index (χ2n) is 6.50. The summed E-state index contributed by atoms with van der Waals surface area (Å²) in [6.45, 7) is 14.0. The van der Waals surface area contributed by atoms with Gasteiger partial charge in [-0.15, -0.1) is 0 Å². The van der Waals surface area contributed by atoms with E-state index in [-0.39, 0.29) is 18.1 Å². The van der Waals surface area contributed by atoms with Gasteiger partial charge in [0, 0.05) is 31.8 Å². The minimum atomic E-state index is -0.678. The monoisotopic (exact) mass is 302 g/mol. The Morgan fingerprint density at radius 2 is 1.76 bits per heavy atom. The molecule has 0 aromatic carbocycles. The van der Waals surface area contributed by atoms with E-state index in [0.29, 0.717) is 19.1 Å². The summed E-state index contributed by atoms with van der Waals surface area (Å²) in [5, 5.41) is 3.36. The van der Waals surface area contributed by atoms with Crippen LogP contribution in [-0.2, 0) is 14.3 Å². The number of carbonyl (C=O) groups excluding carboxylic acids is 1. The number of carbonyl (C=O) groups is 1. The Kier molecular flexibility index (Phi) is 9.09. The molecule has 1 N–H and O–H groups in total. The second-order valence-corrected chi connectivity index (χ2v) is 6.50. The molecule has 0 radical (unpaired) electrons. The van der Waals surface area contributed by atoms with Crippen molar-refractivity contribution < 1.29 is 14.3 Å². The van der Waals surface area contributed by atoms with Crippen LogP contribution in [0.2, 0.25) is 0 Å². The molecule has 5 heteroatoms. The third-order valence-electron chi connectivity index (χ3n) is 3.73. The summed E-state index contributed by atoms with van der Waals surface area (Å²) >= 11 is 0. The zero-order valence-corrected chi connectivity index (χ0v) is 15.0. The number of ether oxygens (including phenoxy) is 2. The Morgan fingerprint density at radius 3 is 2.14 bits per heavy atom. The zero-order valence-electron chi connectivity index (χ0n) is 15.0. The van der Waals surface area contributed by atoms with Crippen molar-refractivity contribution in [3.63, 3.8) is 0 Å². The molecular weight excluding hydrogens is 268 g/mol. The van der Waals surface area contributed by atoms with Crippen molar-refractivity contribution in [2.75, 3.05) is 27.4 Å². The fourth-order valence-electron chi connectivity index (χ4n) is 2.96. The first-order valence-corrected chi connectivity index (χ1v) is 7.78. The van der Waals surface area contributed by atoms with Crippen LogP contribution >= 0.6 is 0 Å². The molecule has 0 fully saturated rings. The maximum atomic E-state index is 12.2. The lowest BCUT2D eigenvalue weighted by Crippen LogP contribution is -2.57. The van der Waals surface area contributed by atoms with Crippen LogP contribution in [0, 0.1) is 0 Å². The lowest BCUT2D eigenvalue weighted by molar-refractivity contribution is -0.149. The van der Waals surface area contributed by atoms with Gasteiger partial charge in [0.2, 0.25) is 0 Å². The molecule has 0 aliphatic heterocycles. The van der Waals surface area contributed by atoms with Gasteiger partial charge in [-0.1, -0.05) is 0 Å². The molecule has 0 saturated heterocycles. The maximum absolute atomic E-state index is 12.2. The molecule has 0 amide bonds. The smallest absolute Gasteiger partial charge is 0.325 e. The number of hydrogen-bond donors (Lipinski definition) is 1. The van der Waals surface area contributed by atoms with Gasteiger partial charge in [-0.2, -0.15) is 0 Å². The maximum Gasteiger partial charge on any atom is 0.325 e. The Balaban J connectivity index is 4.99. The van der Waals surface area contributed by atoms with E-state index in [1.807, 2.05) is 20.8 Å². The van der Waals surface area contributed by atoms with Gasteiger partial charge in [0.25, 0.3) is 0 Å². The number of rotatable bonds is 10. The normalized spacial score (nSPS) is 16.3. The standard InChI is InChI=1S/C16H34N2O3/c1-12(2)17-16(6,15(19)21-8)11-14(5)18(13(3)4)9-10-20-7/h12-14,17H,9-11H2,1-8H3. The number of hydrogen-bond acceptors (Lipinski definition) is 5. The van der Waals surface area contributed by atoms with Crippen LogP contribution in [0.4, 0.5) is 0 Å². The van der Waals surface area contributed by atoms with Crippen molar-refractivity contribution in [2.45, 2.75) is 71.6 Å². The van der Waals surface area contributed by atoms with Crippen LogP contribution in [0.3, 0.4) is 0 Å². The molecule has 0 aromatic heterocycles. The molecule has 5 nitrogen and oxygen atoms in total. The summed E-state index contributed by atoms with van der Waals surface area (Å²) in [6, 6.07) is 0.861. The number of esters is 1. The summed E-state index contributed by atoms with van der Waals surface area (Å²) in [6.07, 6.45) is 0.694. The third kappa shape index (κ3) is 6.76. The van der Waals surface area contributed by atoms with Crippen LogP contribution in [0.25, 0.3) is 0 Å². The van der Waals surface area contributed by atoms with E-state index in [4.69, 9.17) is 9.47 Å². The van der Waals surface area contributed by atoms with Crippen molar-refractivity contribution in [2.24, 2.45) is 0 Å². The molecule has 2 unspecified atom stereocenters. The summed E-state index contributed by atoms with van der Waals surface area (Å²) in [5.74, 6) is -0.210. The van der Waals surface area contributed by atoms with E-state index in [1.165, 1.54) is 7.11 Å². The zero-order chi connectivity index (χ0) is 16.6. The lowest BCUT2D eigenvalue weighted by atomic mass is 9.91. The Labute approximate surface area is 130 Å². The van der Waals surface area contributed by atoms with Crippen molar-refractivity contribution in [3.05, 3.63) is 0 Å². The van der Waals surface area contributed by atoms with Gasteiger partial charge in [0.1, 0.15) is 5.54 Å². The van der Waals surface area contributed by atoms with Crippen molar-refractivity contribution in [1.29, 1.82) is 0 Å². The third-order valence-corrected chi connectivity index (χ3v) is 3.73. The quantitative estimate of drug-likeness (QED) is 0.626. The molecule has 2 atom stereocenters. The lowest BCUT2D eigenvalue weighted by Gasteiger charge is -2.38. The SMILES string of the molecule is COCCN(C(C)C)C(C)CC(C)(NC(C)C)C(=O)OC. The van der Waals surface area contributed by atoms with Crippen molar-refractivity contribution in [3.8, 4) is 0 Å². The average Bonchev–Trinajstić information content (AvgIpc) is 2.36. The van der Waals surface area contributed by atoms with Gasteiger partial charge in [-0.25, -0.2) is 0 Å². The van der Waals surface area contributed by atoms with Crippen LogP contribution < -0.4 is 5.32 Å². The highest BCUT2D eigenvalue weighted by Gasteiger charge is 2.37. The first kappa shape index (κ1) is 20.3. The summed E-state index contributed by atoms with van der Waals surface area (Å²) < 4.78 is 10.2. The molecule has 0 heterocycles. The first-order valence-electron chi connectivity index (χ1n) is 7.78. The summed E-state index contributed by atoms with van der Waals surface area (Å²) in [4.78, 5) is 14.5. The Hall–Kier alpha value is -0.650. The molecule has 0 rings (SSSR count). The van der Waals surface area contributed by atoms with Gasteiger partial charge in [0.15, 0.2) is 0 Å². The van der Waals surface area contributed by atoms with E-state index < -0.39 is 5.54 Å². The highest BCUT2D eigenvalue weighted by molar-refractivity contribution is 5.80. The molecule has 0 aromatic rings. The first-order chi connectivity index (χ1) is 9.67. The fraction of sp³-hybridized carbons (Fsp3) is 0.938. The van der Waals surface area contributed by atoms with E-state index in [1.54, 1.807) is 7.11 Å². The molecule has 0 bridgehead atoms. The fourth-order valence-corrected chi connectivity index (χ4v) is 2.96. The minimum Gasteiger partial charge on any atom is -0.468 e. The van der Waals surface area contributed by atoms with Gasteiger partial charge in [-0.05, 0) is 48.0 Å². The van der Waals surface area contributed by atoms with Gasteiger partial charge in [0.05, 0.1) is 13.7 Å². The van der Waals surface area contributed by atoms with Crippen LogP contribution in [0.1, 0.15) is 48.0 Å². The molecule has 0 spiro atoms. The highest BCUT2D eigenvalue weighted by Crippen LogP contribution is 2.20. The number of methoxy groups -OCH3 is 2. The van der Waals surface area contributed by atoms with Crippen LogP contribution in [0.15, 0.2) is 0 Å². The second kappa shape index (κ2) is 9.38. The predicted octanol–water partition coefficient (Wildman–Crippen LogP) is 2.05. The molecular formula is C16H34N2O3. The van der Waals surface area contributed by atoms with E-state index >= 15 is 0 Å². The summed E-state index contributed by atoms with van der Waals surface area (Å²) in [7, 11) is 3.15. The number of nitrogens with zero attached hydrogens (tertiary/aromatic N) is 1. The van der Waals surface area contributed by atoms with Gasteiger partial charge < -0.3 is 9.47 Å². The Bertz CT molecular complexity index is 308. The largest absolute Gasteiger partial charge is 0.468 e. The van der Waals surface area contributed by atoms with E-state index in [9.17, 15) is 4.79 Å². The van der Waals surface area contributed by atoms with Gasteiger partial charge >= 0.3 is 5.97 Å². The Morgan fingerprint density at radius 1 is 1.19 bits per heavy atom. The average molecular weight is 302 g/mol. The van der Waals surface area contributed by atoms with Crippen molar-refractivity contribution in [1.82, 2.24) is 10.2 Å². The van der Waals surface area contributed by atoms with Crippen molar-refractivity contribution >= 4 is 5.97 Å². The molecule has 21 heavy (non-hydrogen) atoms. The molecule has 0 saturated carbocycles. The topological polar surface area (TPSA) is 50.8 Å². The van der Waals surface area contributed by atoms with E-state index in [0.717, 1.165) is 6.54 Å².